The van der Waals surface area contributed by atoms with Gasteiger partial charge in [-0.2, -0.15) is 0 Å². The number of rotatable bonds is 5. The van der Waals surface area contributed by atoms with E-state index in [0.29, 0.717) is 11.8 Å². The maximum Gasteiger partial charge on any atom is 0.221 e. The lowest BCUT2D eigenvalue weighted by Gasteiger charge is -2.38. The minimum absolute atomic E-state index is 0.0832. The van der Waals surface area contributed by atoms with Crippen molar-refractivity contribution in [1.82, 2.24) is 19.9 Å². The van der Waals surface area contributed by atoms with Gasteiger partial charge in [-0.05, 0) is 29.7 Å². The number of imidazole rings is 1. The third kappa shape index (κ3) is 3.78. The van der Waals surface area contributed by atoms with Crippen molar-refractivity contribution in [1.29, 1.82) is 0 Å². The highest BCUT2D eigenvalue weighted by Crippen LogP contribution is 2.35. The largest absolute Gasteiger partial charge is 0.337 e. The van der Waals surface area contributed by atoms with Crippen LogP contribution in [0.25, 0.3) is 16.7 Å². The van der Waals surface area contributed by atoms with Gasteiger partial charge in [-0.15, -0.1) is 0 Å². The Labute approximate surface area is 199 Å². The van der Waals surface area contributed by atoms with Crippen molar-refractivity contribution >= 4 is 22.7 Å². The molecule has 0 spiro atoms. The summed E-state index contributed by atoms with van der Waals surface area (Å²) < 4.78 is 0. The molecule has 5 rings (SSSR count). The van der Waals surface area contributed by atoms with Crippen molar-refractivity contribution in [3.8, 4) is 0 Å². The number of para-hydroxylation sites is 2. The van der Waals surface area contributed by atoms with Crippen molar-refractivity contribution in [3.63, 3.8) is 0 Å². The van der Waals surface area contributed by atoms with E-state index in [1.807, 2.05) is 43.4 Å². The standard InChI is InChI=1S/C28H28N6/c1-4-22-19(2)34(29)28(32-25(22)27-30-23-17-11-12-18-24(23)31-27)33(3)26(20-13-7-5-8-14-20)21-15-9-6-10-16-21/h5-18,26H,2,4,29H2,1,3H3,(H,30,31). The summed E-state index contributed by atoms with van der Waals surface area (Å²) in [6.07, 6.45) is 0.736. The van der Waals surface area contributed by atoms with E-state index < -0.39 is 0 Å². The third-order valence-electron chi connectivity index (χ3n) is 6.25. The summed E-state index contributed by atoms with van der Waals surface area (Å²) in [7, 11) is 2.02. The fourth-order valence-corrected chi connectivity index (χ4v) is 4.53. The Morgan fingerprint density at radius 3 is 2.12 bits per heavy atom. The zero-order valence-electron chi connectivity index (χ0n) is 19.4. The second-order valence-corrected chi connectivity index (χ2v) is 8.35. The fourth-order valence-electron chi connectivity index (χ4n) is 4.53. The summed E-state index contributed by atoms with van der Waals surface area (Å²) in [5, 5.41) is 1.59. The molecule has 1 aliphatic rings. The molecule has 0 radical (unpaired) electrons. The van der Waals surface area contributed by atoms with Gasteiger partial charge in [0.1, 0.15) is 5.70 Å². The first-order chi connectivity index (χ1) is 16.6. The van der Waals surface area contributed by atoms with Crippen LogP contribution in [0.4, 0.5) is 0 Å². The van der Waals surface area contributed by atoms with E-state index in [0.717, 1.165) is 45.5 Å². The van der Waals surface area contributed by atoms with Gasteiger partial charge in [0.15, 0.2) is 5.82 Å². The normalized spacial score (nSPS) is 14.2. The van der Waals surface area contributed by atoms with Crippen LogP contribution in [0.3, 0.4) is 0 Å². The summed E-state index contributed by atoms with van der Waals surface area (Å²) in [5.41, 5.74) is 6.62. The molecular weight excluding hydrogens is 420 g/mol. The summed E-state index contributed by atoms with van der Waals surface area (Å²) in [6, 6.07) is 28.7. The van der Waals surface area contributed by atoms with Gasteiger partial charge in [0.05, 0.1) is 22.8 Å². The van der Waals surface area contributed by atoms with Crippen LogP contribution in [-0.4, -0.2) is 32.9 Å². The Hall–Kier alpha value is -4.16. The van der Waals surface area contributed by atoms with Crippen molar-refractivity contribution in [2.24, 2.45) is 10.8 Å². The lowest BCUT2D eigenvalue weighted by molar-refractivity contribution is 0.357. The minimum atomic E-state index is -0.0832. The number of aromatic nitrogens is 2. The smallest absolute Gasteiger partial charge is 0.221 e. The van der Waals surface area contributed by atoms with Gasteiger partial charge < -0.3 is 9.88 Å². The van der Waals surface area contributed by atoms with Crippen molar-refractivity contribution in [2.75, 3.05) is 7.05 Å². The van der Waals surface area contributed by atoms with E-state index in [4.69, 9.17) is 15.8 Å². The second-order valence-electron chi connectivity index (χ2n) is 8.35. The number of aliphatic imine (C=N–C) groups is 1. The number of hydrogen-bond donors (Lipinski definition) is 2. The Morgan fingerprint density at radius 2 is 1.53 bits per heavy atom. The number of hydrazine groups is 1. The second kappa shape index (κ2) is 9.00. The fraction of sp³-hybridized carbons (Fsp3) is 0.143. The average molecular weight is 449 g/mol. The van der Waals surface area contributed by atoms with Gasteiger partial charge in [0, 0.05) is 12.6 Å². The van der Waals surface area contributed by atoms with Gasteiger partial charge in [-0.25, -0.2) is 20.8 Å². The van der Waals surface area contributed by atoms with E-state index in [2.05, 4.69) is 71.9 Å². The zero-order valence-corrected chi connectivity index (χ0v) is 19.4. The number of benzene rings is 3. The van der Waals surface area contributed by atoms with E-state index in [-0.39, 0.29) is 6.04 Å². The first kappa shape index (κ1) is 21.7. The zero-order chi connectivity index (χ0) is 23.7. The van der Waals surface area contributed by atoms with Crippen LogP contribution >= 0.6 is 0 Å². The molecule has 0 atom stereocenters. The molecule has 0 unspecified atom stereocenters. The van der Waals surface area contributed by atoms with E-state index in [9.17, 15) is 0 Å². The molecule has 4 aromatic rings. The molecule has 6 heteroatoms. The molecule has 0 bridgehead atoms. The van der Waals surface area contributed by atoms with E-state index in [1.54, 1.807) is 5.01 Å². The van der Waals surface area contributed by atoms with Crippen LogP contribution in [0.5, 0.6) is 0 Å². The van der Waals surface area contributed by atoms with Gasteiger partial charge in [0.25, 0.3) is 0 Å². The number of allylic oxidation sites excluding steroid dienone is 1. The van der Waals surface area contributed by atoms with Gasteiger partial charge in [-0.1, -0.05) is 86.3 Å². The molecule has 3 aromatic carbocycles. The quantitative estimate of drug-likeness (QED) is 0.397. The predicted molar refractivity (Wildman–Crippen MR) is 138 cm³/mol. The highest BCUT2D eigenvalue weighted by molar-refractivity contribution is 5.93. The minimum Gasteiger partial charge on any atom is -0.337 e. The number of H-pyrrole nitrogens is 1. The average Bonchev–Trinajstić information content (AvgIpc) is 3.31. The Bertz CT molecular complexity index is 1310. The molecule has 0 amide bonds. The van der Waals surface area contributed by atoms with Crippen LogP contribution in [-0.2, 0) is 0 Å². The highest BCUT2D eigenvalue weighted by atomic mass is 15.5. The number of hydrogen-bond acceptors (Lipinski definition) is 5. The van der Waals surface area contributed by atoms with Gasteiger partial charge in [0.2, 0.25) is 5.96 Å². The molecule has 170 valence electrons. The number of fused-ring (bicyclic) bond motifs is 1. The molecule has 6 nitrogen and oxygen atoms in total. The SMILES string of the molecule is C=C1C(CC)=C(c2nc3ccccc3[nH]2)N=C(N(C)C(c2ccccc2)c2ccccc2)N1N. The highest BCUT2D eigenvalue weighted by Gasteiger charge is 2.31. The Kier molecular flexibility index (Phi) is 5.74. The summed E-state index contributed by atoms with van der Waals surface area (Å²) in [6.45, 7) is 6.39. The maximum atomic E-state index is 6.60. The Morgan fingerprint density at radius 1 is 0.941 bits per heavy atom. The maximum absolute atomic E-state index is 6.60. The number of aromatic amines is 1. The molecule has 1 aromatic heterocycles. The van der Waals surface area contributed by atoms with E-state index in [1.165, 1.54) is 0 Å². The third-order valence-corrected chi connectivity index (χ3v) is 6.25. The lowest BCUT2D eigenvalue weighted by atomic mass is 9.97. The molecule has 0 fully saturated rings. The first-order valence-corrected chi connectivity index (χ1v) is 11.4. The monoisotopic (exact) mass is 448 g/mol. The molecular formula is C28H28N6. The van der Waals surface area contributed by atoms with Gasteiger partial charge >= 0.3 is 0 Å². The summed E-state index contributed by atoms with van der Waals surface area (Å²) in [5.74, 6) is 7.92. The van der Waals surface area contributed by atoms with Crippen molar-refractivity contribution in [2.45, 2.75) is 19.4 Å². The molecule has 34 heavy (non-hydrogen) atoms. The molecule has 3 N–H and O–H groups in total. The summed E-state index contributed by atoms with van der Waals surface area (Å²) in [4.78, 5) is 15.4. The van der Waals surface area contributed by atoms with Crippen LogP contribution in [0.2, 0.25) is 0 Å². The number of nitrogens with zero attached hydrogens (tertiary/aromatic N) is 4. The number of nitrogens with one attached hydrogen (secondary N) is 1. The topological polar surface area (TPSA) is 73.5 Å². The van der Waals surface area contributed by atoms with Crippen LogP contribution in [0, 0.1) is 0 Å². The van der Waals surface area contributed by atoms with Crippen molar-refractivity contribution in [3.05, 3.63) is 120 Å². The summed E-state index contributed by atoms with van der Waals surface area (Å²) >= 11 is 0. The lowest BCUT2D eigenvalue weighted by Crippen LogP contribution is -2.49. The molecule has 1 aliphatic heterocycles. The Balaban J connectivity index is 1.64. The van der Waals surface area contributed by atoms with E-state index >= 15 is 0 Å². The molecule has 0 aliphatic carbocycles. The molecule has 0 saturated heterocycles. The van der Waals surface area contributed by atoms with Crippen LogP contribution in [0.15, 0.2) is 108 Å². The van der Waals surface area contributed by atoms with Crippen LogP contribution in [0.1, 0.15) is 36.3 Å². The number of guanidine groups is 1. The van der Waals surface area contributed by atoms with Gasteiger partial charge in [-0.3, -0.25) is 0 Å². The van der Waals surface area contributed by atoms with Crippen LogP contribution < -0.4 is 5.84 Å². The molecule has 2 heterocycles. The molecule has 0 saturated carbocycles. The van der Waals surface area contributed by atoms with Crippen molar-refractivity contribution < 1.29 is 0 Å². The predicted octanol–water partition coefficient (Wildman–Crippen LogP) is 5.46. The number of nitrogens with two attached hydrogens (primary N) is 1. The first-order valence-electron chi connectivity index (χ1n) is 11.4.